The summed E-state index contributed by atoms with van der Waals surface area (Å²) >= 11 is 0. The molecule has 1 saturated carbocycles. The number of benzene rings is 1. The second-order valence-electron chi connectivity index (χ2n) is 10.2. The molecule has 0 spiro atoms. The fourth-order valence-electron chi connectivity index (χ4n) is 5.15. The van der Waals surface area contributed by atoms with Gasteiger partial charge in [-0.2, -0.15) is 9.97 Å². The zero-order valence-electron chi connectivity index (χ0n) is 20.7. The minimum absolute atomic E-state index is 0.104. The van der Waals surface area contributed by atoms with E-state index in [0.29, 0.717) is 41.6 Å². The van der Waals surface area contributed by atoms with Gasteiger partial charge in [0.05, 0.1) is 6.54 Å². The monoisotopic (exact) mass is 492 g/mol. The van der Waals surface area contributed by atoms with Crippen molar-refractivity contribution in [1.29, 1.82) is 0 Å². The van der Waals surface area contributed by atoms with Crippen molar-refractivity contribution >= 4 is 23.5 Å². The number of piperazine rings is 1. The molecule has 0 bridgehead atoms. The van der Waals surface area contributed by atoms with Crippen LogP contribution in [0, 0.1) is 17.6 Å². The van der Waals surface area contributed by atoms with Gasteiger partial charge in [0.15, 0.2) is 11.6 Å². The Kier molecular flexibility index (Phi) is 5.95. The van der Waals surface area contributed by atoms with Crippen LogP contribution in [0.1, 0.15) is 37.3 Å². The second kappa shape index (κ2) is 9.28. The standard InChI is InChI=1S/C27H30F2N6O/c1-16-10-18-12-21(28)26(25(29)20(18)11-16)36-27-32-23(14-24(33-27)35-8-6-34(2)7-9-35)31-22-13-19(15-30-22)17-4-3-5-17/h11-14,17H,3-10,15H2,1-2H3,(H,30,31,32,33). The van der Waals surface area contributed by atoms with Crippen molar-refractivity contribution in [1.82, 2.24) is 14.9 Å². The predicted octanol–water partition coefficient (Wildman–Crippen LogP) is 4.81. The molecule has 7 nitrogen and oxygen atoms in total. The number of aromatic nitrogens is 2. The first kappa shape index (κ1) is 23.1. The molecule has 0 atom stereocenters. The molecule has 1 aromatic carbocycles. The number of anilines is 2. The summed E-state index contributed by atoms with van der Waals surface area (Å²) in [4.78, 5) is 18.0. The molecule has 2 fully saturated rings. The summed E-state index contributed by atoms with van der Waals surface area (Å²) in [5.74, 6) is 0.533. The minimum atomic E-state index is -0.759. The zero-order valence-corrected chi connectivity index (χ0v) is 20.7. The summed E-state index contributed by atoms with van der Waals surface area (Å²) < 4.78 is 35.9. The van der Waals surface area contributed by atoms with Crippen LogP contribution in [0.3, 0.4) is 0 Å². The molecular weight excluding hydrogens is 462 g/mol. The Labute approximate surface area is 209 Å². The molecule has 2 aliphatic carbocycles. The van der Waals surface area contributed by atoms with E-state index in [1.54, 1.807) is 6.08 Å². The lowest BCUT2D eigenvalue weighted by Crippen LogP contribution is -2.44. The van der Waals surface area contributed by atoms with E-state index in [9.17, 15) is 4.39 Å². The molecular formula is C27H30F2N6O. The lowest BCUT2D eigenvalue weighted by Gasteiger charge is -2.33. The number of aliphatic imine (C=N–C) groups is 1. The van der Waals surface area contributed by atoms with E-state index in [-0.39, 0.29) is 6.01 Å². The van der Waals surface area contributed by atoms with Gasteiger partial charge in [0.1, 0.15) is 17.5 Å². The average Bonchev–Trinajstić information content (AvgIpc) is 3.41. The first-order valence-corrected chi connectivity index (χ1v) is 12.6. The predicted molar refractivity (Wildman–Crippen MR) is 137 cm³/mol. The van der Waals surface area contributed by atoms with E-state index in [0.717, 1.165) is 37.6 Å². The summed E-state index contributed by atoms with van der Waals surface area (Å²) in [5.41, 5.74) is 3.31. The number of nitrogens with zero attached hydrogens (tertiary/aromatic N) is 5. The summed E-state index contributed by atoms with van der Waals surface area (Å²) in [6, 6.07) is 3.08. The van der Waals surface area contributed by atoms with Gasteiger partial charge in [0, 0.05) is 37.8 Å². The number of fused-ring (bicyclic) bond motifs is 1. The fraction of sp³-hybridized carbons (Fsp3) is 0.444. The summed E-state index contributed by atoms with van der Waals surface area (Å²) in [6.45, 7) is 5.95. The fourth-order valence-corrected chi connectivity index (χ4v) is 5.15. The molecule has 1 N–H and O–H groups in total. The van der Waals surface area contributed by atoms with Crippen LogP contribution in [-0.2, 0) is 6.42 Å². The lowest BCUT2D eigenvalue weighted by molar-refractivity contribution is 0.311. The molecule has 0 amide bonds. The Morgan fingerprint density at radius 1 is 1.06 bits per heavy atom. The van der Waals surface area contributed by atoms with Crippen LogP contribution in [0.4, 0.5) is 20.4 Å². The Morgan fingerprint density at radius 2 is 1.86 bits per heavy atom. The number of nitrogens with one attached hydrogen (secondary N) is 1. The van der Waals surface area contributed by atoms with Crippen LogP contribution in [0.15, 0.2) is 34.3 Å². The molecule has 1 saturated heterocycles. The van der Waals surface area contributed by atoms with Gasteiger partial charge in [0.2, 0.25) is 5.75 Å². The third-order valence-electron chi connectivity index (χ3n) is 7.51. The normalized spacial score (nSPS) is 20.0. The Hall–Kier alpha value is -3.33. The number of hydrogen-bond donors (Lipinski definition) is 1. The van der Waals surface area contributed by atoms with Gasteiger partial charge < -0.3 is 19.9 Å². The molecule has 0 radical (unpaired) electrons. The molecule has 3 heterocycles. The maximum Gasteiger partial charge on any atom is 0.326 e. The van der Waals surface area contributed by atoms with Crippen LogP contribution in [-0.4, -0.2) is 60.5 Å². The Balaban J connectivity index is 1.31. The van der Waals surface area contributed by atoms with Gasteiger partial charge in [-0.15, -0.1) is 0 Å². The van der Waals surface area contributed by atoms with Crippen molar-refractivity contribution in [2.75, 3.05) is 50.0 Å². The van der Waals surface area contributed by atoms with Crippen molar-refractivity contribution in [2.24, 2.45) is 10.9 Å². The highest BCUT2D eigenvalue weighted by Gasteiger charge is 2.26. The van der Waals surface area contributed by atoms with Crippen LogP contribution in [0.25, 0.3) is 6.08 Å². The first-order chi connectivity index (χ1) is 17.4. The lowest BCUT2D eigenvalue weighted by atomic mass is 9.80. The van der Waals surface area contributed by atoms with Crippen molar-refractivity contribution in [3.8, 4) is 11.8 Å². The highest BCUT2D eigenvalue weighted by Crippen LogP contribution is 2.37. The van der Waals surface area contributed by atoms with Crippen LogP contribution in [0.5, 0.6) is 11.8 Å². The third-order valence-corrected chi connectivity index (χ3v) is 7.51. The number of halogens is 2. The van der Waals surface area contributed by atoms with Crippen LogP contribution in [0.2, 0.25) is 0 Å². The first-order valence-electron chi connectivity index (χ1n) is 12.6. The Bertz CT molecular complexity index is 1290. The Morgan fingerprint density at radius 3 is 2.61 bits per heavy atom. The van der Waals surface area contributed by atoms with E-state index in [1.165, 1.54) is 30.9 Å². The number of ether oxygens (including phenoxy) is 1. The van der Waals surface area contributed by atoms with E-state index >= 15 is 4.39 Å². The molecule has 2 aromatic rings. The zero-order chi connectivity index (χ0) is 24.8. The molecule has 2 aliphatic heterocycles. The van der Waals surface area contributed by atoms with Crippen LogP contribution < -0.4 is 15.0 Å². The maximum absolute atomic E-state index is 15.3. The number of allylic oxidation sites excluding steroid dienone is 1. The van der Waals surface area contributed by atoms with Gasteiger partial charge in [-0.1, -0.05) is 18.1 Å². The number of hydrogen-bond acceptors (Lipinski definition) is 7. The summed E-state index contributed by atoms with van der Waals surface area (Å²) in [5, 5.41) is 3.27. The van der Waals surface area contributed by atoms with Gasteiger partial charge in [0.25, 0.3) is 0 Å². The largest absolute Gasteiger partial charge is 0.418 e. The van der Waals surface area contributed by atoms with E-state index in [4.69, 9.17) is 4.74 Å². The van der Waals surface area contributed by atoms with E-state index in [1.807, 2.05) is 13.0 Å². The minimum Gasteiger partial charge on any atom is -0.418 e. The molecule has 9 heteroatoms. The van der Waals surface area contributed by atoms with Crippen LogP contribution >= 0.6 is 0 Å². The van der Waals surface area contributed by atoms with Gasteiger partial charge in [-0.3, -0.25) is 4.99 Å². The third kappa shape index (κ3) is 4.48. The molecule has 0 unspecified atom stereocenters. The van der Waals surface area contributed by atoms with Gasteiger partial charge >= 0.3 is 6.01 Å². The highest BCUT2D eigenvalue weighted by molar-refractivity contribution is 6.05. The average molecular weight is 493 g/mol. The topological polar surface area (TPSA) is 65.9 Å². The molecule has 188 valence electrons. The molecule has 6 rings (SSSR count). The second-order valence-corrected chi connectivity index (χ2v) is 10.2. The van der Waals surface area contributed by atoms with Crippen molar-refractivity contribution in [2.45, 2.75) is 32.6 Å². The van der Waals surface area contributed by atoms with Gasteiger partial charge in [-0.25, -0.2) is 8.78 Å². The summed E-state index contributed by atoms with van der Waals surface area (Å²) in [7, 11) is 2.08. The quantitative estimate of drug-likeness (QED) is 0.646. The van der Waals surface area contributed by atoms with E-state index in [2.05, 4.69) is 43.2 Å². The molecule has 36 heavy (non-hydrogen) atoms. The van der Waals surface area contributed by atoms with Crippen molar-refractivity contribution in [3.63, 3.8) is 0 Å². The van der Waals surface area contributed by atoms with E-state index < -0.39 is 17.4 Å². The summed E-state index contributed by atoms with van der Waals surface area (Å²) in [6.07, 6.45) is 8.08. The maximum atomic E-state index is 15.3. The van der Waals surface area contributed by atoms with Crippen molar-refractivity contribution < 1.29 is 13.5 Å². The smallest absolute Gasteiger partial charge is 0.326 e. The SMILES string of the molecule is CC1=Cc2c(cc(F)c(Oc3nc(NC4=NCC(C5CCC5)=C4)cc(N4CCN(C)CC4)n3)c2F)C1. The van der Waals surface area contributed by atoms with Crippen molar-refractivity contribution in [3.05, 3.63) is 52.1 Å². The number of amidine groups is 1. The molecule has 4 aliphatic rings. The highest BCUT2D eigenvalue weighted by atomic mass is 19.1. The van der Waals surface area contributed by atoms with Gasteiger partial charge in [-0.05, 0) is 62.4 Å². The number of rotatable bonds is 5. The molecule has 1 aromatic heterocycles. The number of likely N-dealkylation sites (N-methyl/N-ethyl adjacent to an activating group) is 1.